The molecule has 166 valence electrons. The summed E-state index contributed by atoms with van der Waals surface area (Å²) in [7, 11) is 3.12. The van der Waals surface area contributed by atoms with Crippen molar-refractivity contribution >= 4 is 34.3 Å². The minimum absolute atomic E-state index is 0.245. The average Bonchev–Trinajstić information content (AvgIpc) is 3.21. The third-order valence-electron chi connectivity index (χ3n) is 4.70. The summed E-state index contributed by atoms with van der Waals surface area (Å²) in [5.41, 5.74) is 3.86. The van der Waals surface area contributed by atoms with Crippen LogP contribution in [-0.2, 0) is 9.53 Å². The van der Waals surface area contributed by atoms with Gasteiger partial charge in [-0.15, -0.1) is 11.3 Å². The predicted molar refractivity (Wildman–Crippen MR) is 128 cm³/mol. The van der Waals surface area contributed by atoms with Crippen molar-refractivity contribution in [2.24, 2.45) is 0 Å². The molecule has 0 aliphatic heterocycles. The number of rotatable bonds is 8. The molecule has 0 fully saturated rings. The summed E-state index contributed by atoms with van der Waals surface area (Å²) in [5.74, 6) is 0.349. The summed E-state index contributed by atoms with van der Waals surface area (Å²) in [4.78, 5) is 25.3. The third-order valence-corrected chi connectivity index (χ3v) is 5.60. The lowest BCUT2D eigenvalue weighted by molar-refractivity contribution is -0.111. The predicted octanol–water partition coefficient (Wildman–Crippen LogP) is 5.57. The fourth-order valence-electron chi connectivity index (χ4n) is 3.08. The molecule has 1 amide bonds. The zero-order chi connectivity index (χ0) is 23.1. The first-order chi connectivity index (χ1) is 15.5. The van der Waals surface area contributed by atoms with E-state index in [0.29, 0.717) is 22.1 Å². The summed E-state index contributed by atoms with van der Waals surface area (Å²) in [6.07, 6.45) is 3.07. The summed E-state index contributed by atoms with van der Waals surface area (Å²) < 4.78 is 15.8. The number of hydrogen-bond donors (Lipinski definition) is 1. The summed E-state index contributed by atoms with van der Waals surface area (Å²) in [6.45, 7) is 3.99. The number of carbonyl (C=O) groups is 2. The molecule has 1 heterocycles. The summed E-state index contributed by atoms with van der Waals surface area (Å²) in [5, 5.41) is 5.11. The number of aryl methyl sites for hydroxylation is 1. The Morgan fingerprint density at radius 2 is 1.75 bits per heavy atom. The van der Waals surface area contributed by atoms with Crippen LogP contribution in [0, 0.1) is 6.92 Å². The van der Waals surface area contributed by atoms with E-state index in [-0.39, 0.29) is 12.5 Å². The van der Waals surface area contributed by atoms with Crippen molar-refractivity contribution in [3.63, 3.8) is 0 Å². The Bertz CT molecular complexity index is 1130. The standard InChI is InChI=1S/C25H25NO5S/c1-5-31-25(28)23-19(18-10-6-16(2)7-11-18)15-32-24(23)26-22(27)13-9-17-8-12-20(29-3)21(14-17)30-4/h6-15H,5H2,1-4H3,(H,26,27). The quantitative estimate of drug-likeness (QED) is 0.358. The van der Waals surface area contributed by atoms with E-state index in [1.165, 1.54) is 17.4 Å². The fraction of sp³-hybridized carbons (Fsp3) is 0.200. The molecular weight excluding hydrogens is 426 g/mol. The average molecular weight is 452 g/mol. The highest BCUT2D eigenvalue weighted by Crippen LogP contribution is 2.36. The van der Waals surface area contributed by atoms with Gasteiger partial charge in [0.1, 0.15) is 10.6 Å². The van der Waals surface area contributed by atoms with Gasteiger partial charge in [0.15, 0.2) is 11.5 Å². The molecule has 0 radical (unpaired) electrons. The molecule has 3 aromatic rings. The van der Waals surface area contributed by atoms with Crippen LogP contribution in [0.5, 0.6) is 11.5 Å². The minimum Gasteiger partial charge on any atom is -0.493 e. The van der Waals surface area contributed by atoms with Crippen molar-refractivity contribution in [3.8, 4) is 22.6 Å². The van der Waals surface area contributed by atoms with Crippen molar-refractivity contribution in [1.82, 2.24) is 0 Å². The van der Waals surface area contributed by atoms with Crippen LogP contribution in [-0.4, -0.2) is 32.7 Å². The highest BCUT2D eigenvalue weighted by Gasteiger charge is 2.22. The Labute approximate surface area is 191 Å². The van der Waals surface area contributed by atoms with Crippen LogP contribution in [0.1, 0.15) is 28.4 Å². The van der Waals surface area contributed by atoms with Gasteiger partial charge in [-0.05, 0) is 43.2 Å². The van der Waals surface area contributed by atoms with E-state index in [0.717, 1.165) is 22.3 Å². The maximum atomic E-state index is 12.7. The van der Waals surface area contributed by atoms with Crippen LogP contribution >= 0.6 is 11.3 Å². The van der Waals surface area contributed by atoms with E-state index in [1.54, 1.807) is 39.4 Å². The lowest BCUT2D eigenvalue weighted by atomic mass is 10.0. The van der Waals surface area contributed by atoms with E-state index < -0.39 is 5.97 Å². The van der Waals surface area contributed by atoms with E-state index >= 15 is 0 Å². The topological polar surface area (TPSA) is 73.9 Å². The molecular formula is C25H25NO5S. The Hall–Kier alpha value is -3.58. The molecule has 0 bridgehead atoms. The largest absolute Gasteiger partial charge is 0.493 e. The van der Waals surface area contributed by atoms with E-state index in [1.807, 2.05) is 42.6 Å². The normalized spacial score (nSPS) is 10.8. The molecule has 0 unspecified atom stereocenters. The molecule has 3 rings (SSSR count). The second-order valence-corrected chi connectivity index (χ2v) is 7.76. The van der Waals surface area contributed by atoms with Gasteiger partial charge in [0, 0.05) is 17.0 Å². The number of hydrogen-bond acceptors (Lipinski definition) is 6. The summed E-state index contributed by atoms with van der Waals surface area (Å²) in [6, 6.07) is 13.2. The fourth-order valence-corrected chi connectivity index (χ4v) is 4.04. The van der Waals surface area contributed by atoms with Crippen LogP contribution in [0.25, 0.3) is 17.2 Å². The minimum atomic E-state index is -0.469. The number of thiophene rings is 1. The number of nitrogens with one attached hydrogen (secondary N) is 1. The van der Waals surface area contributed by atoms with E-state index in [9.17, 15) is 9.59 Å². The maximum Gasteiger partial charge on any atom is 0.341 e. The van der Waals surface area contributed by atoms with Gasteiger partial charge in [-0.25, -0.2) is 4.79 Å². The van der Waals surface area contributed by atoms with Gasteiger partial charge in [0.2, 0.25) is 5.91 Å². The highest BCUT2D eigenvalue weighted by atomic mass is 32.1. The first-order valence-corrected chi connectivity index (χ1v) is 10.9. The monoisotopic (exact) mass is 451 g/mol. The van der Waals surface area contributed by atoms with Gasteiger partial charge in [-0.3, -0.25) is 4.79 Å². The number of amides is 1. The van der Waals surface area contributed by atoms with Gasteiger partial charge >= 0.3 is 5.97 Å². The Morgan fingerprint density at radius 3 is 2.41 bits per heavy atom. The number of esters is 1. The van der Waals surface area contributed by atoms with E-state index in [4.69, 9.17) is 14.2 Å². The zero-order valence-electron chi connectivity index (χ0n) is 18.4. The number of anilines is 1. The van der Waals surface area contributed by atoms with Gasteiger partial charge in [0.05, 0.1) is 20.8 Å². The Balaban J connectivity index is 1.84. The zero-order valence-corrected chi connectivity index (χ0v) is 19.2. The van der Waals surface area contributed by atoms with Crippen LogP contribution in [0.2, 0.25) is 0 Å². The van der Waals surface area contributed by atoms with Crippen LogP contribution in [0.3, 0.4) is 0 Å². The number of carbonyl (C=O) groups excluding carboxylic acids is 2. The van der Waals surface area contributed by atoms with Gasteiger partial charge < -0.3 is 19.5 Å². The van der Waals surface area contributed by atoms with Gasteiger partial charge in [-0.2, -0.15) is 0 Å². The molecule has 6 nitrogen and oxygen atoms in total. The van der Waals surface area contributed by atoms with Gasteiger partial charge in [0.25, 0.3) is 0 Å². The van der Waals surface area contributed by atoms with Crippen molar-refractivity contribution in [2.45, 2.75) is 13.8 Å². The Morgan fingerprint density at radius 1 is 1.03 bits per heavy atom. The number of benzene rings is 2. The highest BCUT2D eigenvalue weighted by molar-refractivity contribution is 7.15. The number of methoxy groups -OCH3 is 2. The Kier molecular flexibility index (Phi) is 7.68. The second kappa shape index (κ2) is 10.6. The lowest BCUT2D eigenvalue weighted by Crippen LogP contribution is -2.12. The third kappa shape index (κ3) is 5.36. The van der Waals surface area contributed by atoms with E-state index in [2.05, 4.69) is 5.32 Å². The van der Waals surface area contributed by atoms with Gasteiger partial charge in [-0.1, -0.05) is 35.9 Å². The maximum absolute atomic E-state index is 12.7. The van der Waals surface area contributed by atoms with Crippen molar-refractivity contribution in [2.75, 3.05) is 26.1 Å². The van der Waals surface area contributed by atoms with Crippen molar-refractivity contribution in [1.29, 1.82) is 0 Å². The second-order valence-electron chi connectivity index (χ2n) is 6.88. The first kappa shape index (κ1) is 23.1. The molecule has 0 spiro atoms. The number of ether oxygens (including phenoxy) is 3. The molecule has 32 heavy (non-hydrogen) atoms. The molecule has 0 aliphatic rings. The van der Waals surface area contributed by atoms with Crippen LogP contribution in [0.4, 0.5) is 5.00 Å². The molecule has 7 heteroatoms. The molecule has 1 N–H and O–H groups in total. The molecule has 0 saturated carbocycles. The molecule has 0 atom stereocenters. The van der Waals surface area contributed by atoms with Crippen LogP contribution in [0.15, 0.2) is 53.9 Å². The molecule has 0 saturated heterocycles. The van der Waals surface area contributed by atoms with Crippen LogP contribution < -0.4 is 14.8 Å². The molecule has 2 aromatic carbocycles. The van der Waals surface area contributed by atoms with Crippen molar-refractivity contribution in [3.05, 3.63) is 70.6 Å². The molecule has 0 aliphatic carbocycles. The van der Waals surface area contributed by atoms with Crippen molar-refractivity contribution < 1.29 is 23.8 Å². The molecule has 1 aromatic heterocycles. The SMILES string of the molecule is CCOC(=O)c1c(-c2ccc(C)cc2)csc1NC(=O)C=Cc1ccc(OC)c(OC)c1. The summed E-state index contributed by atoms with van der Waals surface area (Å²) >= 11 is 1.29. The smallest absolute Gasteiger partial charge is 0.341 e. The first-order valence-electron chi connectivity index (χ1n) is 10.0. The lowest BCUT2D eigenvalue weighted by Gasteiger charge is -2.08.